The molecule has 2 aromatic rings. The molecule has 1 amide bonds. The van der Waals surface area contributed by atoms with Crippen LogP contribution < -0.4 is 5.32 Å². The Balaban J connectivity index is 1.99. The van der Waals surface area contributed by atoms with Gasteiger partial charge in [-0.1, -0.05) is 26.0 Å². The van der Waals surface area contributed by atoms with E-state index in [2.05, 4.69) is 24.3 Å². The highest BCUT2D eigenvalue weighted by Gasteiger charge is 2.28. The molecule has 0 saturated carbocycles. The van der Waals surface area contributed by atoms with Crippen molar-refractivity contribution in [3.05, 3.63) is 47.0 Å². The quantitative estimate of drug-likeness (QED) is 0.941. The van der Waals surface area contributed by atoms with E-state index in [1.807, 2.05) is 6.92 Å². The largest absolute Gasteiger partial charge is 0.348 e. The van der Waals surface area contributed by atoms with Crippen LogP contribution in [0.15, 0.2) is 24.3 Å². The summed E-state index contributed by atoms with van der Waals surface area (Å²) in [5.74, 6) is -0.146. The average Bonchev–Trinajstić information content (AvgIpc) is 3.09. The number of rotatable bonds is 4. The van der Waals surface area contributed by atoms with Crippen LogP contribution in [0.25, 0.3) is 5.69 Å². The molecular weight excluding hydrogens is 293 g/mol. The topological polar surface area (TPSA) is 46.9 Å². The van der Waals surface area contributed by atoms with Crippen LogP contribution in [0.1, 0.15) is 48.9 Å². The van der Waals surface area contributed by atoms with Crippen molar-refractivity contribution in [1.82, 2.24) is 15.1 Å². The van der Waals surface area contributed by atoms with E-state index in [9.17, 15) is 9.18 Å². The van der Waals surface area contributed by atoms with Gasteiger partial charge in [-0.15, -0.1) is 0 Å². The first-order chi connectivity index (χ1) is 11.0. The normalized spacial score (nSPS) is 14.8. The lowest BCUT2D eigenvalue weighted by molar-refractivity contribution is 0.0924. The molecule has 23 heavy (non-hydrogen) atoms. The molecule has 1 aromatic heterocycles. The molecule has 4 nitrogen and oxygen atoms in total. The van der Waals surface area contributed by atoms with Gasteiger partial charge in [0, 0.05) is 17.3 Å². The zero-order chi connectivity index (χ0) is 16.6. The second-order valence-electron chi connectivity index (χ2n) is 6.50. The van der Waals surface area contributed by atoms with Crippen molar-refractivity contribution in [2.75, 3.05) is 0 Å². The lowest BCUT2D eigenvalue weighted by atomic mass is 10.1. The zero-order valence-corrected chi connectivity index (χ0v) is 13.8. The molecule has 122 valence electrons. The Morgan fingerprint density at radius 2 is 2.00 bits per heavy atom. The van der Waals surface area contributed by atoms with Gasteiger partial charge in [0.25, 0.3) is 5.91 Å². The van der Waals surface area contributed by atoms with Gasteiger partial charge in [0.15, 0.2) is 5.69 Å². The number of para-hydroxylation sites is 1. The van der Waals surface area contributed by atoms with Crippen LogP contribution in [0, 0.1) is 11.7 Å². The number of nitrogens with zero attached hydrogens (tertiary/aromatic N) is 2. The van der Waals surface area contributed by atoms with Crippen LogP contribution in [0.5, 0.6) is 0 Å². The smallest absolute Gasteiger partial charge is 0.272 e. The van der Waals surface area contributed by atoms with E-state index in [0.717, 1.165) is 30.5 Å². The first kappa shape index (κ1) is 15.7. The first-order valence-corrected chi connectivity index (χ1v) is 8.15. The molecule has 0 aliphatic heterocycles. The number of hydrogen-bond donors (Lipinski definition) is 1. The summed E-state index contributed by atoms with van der Waals surface area (Å²) in [6.07, 6.45) is 2.62. The number of benzene rings is 1. The maximum absolute atomic E-state index is 14.1. The van der Waals surface area contributed by atoms with Gasteiger partial charge in [-0.05, 0) is 44.2 Å². The molecule has 0 radical (unpaired) electrons. The molecule has 1 N–H and O–H groups in total. The highest BCUT2D eigenvalue weighted by atomic mass is 19.1. The molecule has 3 rings (SSSR count). The molecule has 5 heteroatoms. The summed E-state index contributed by atoms with van der Waals surface area (Å²) < 4.78 is 15.7. The Labute approximate surface area is 135 Å². The summed E-state index contributed by atoms with van der Waals surface area (Å²) >= 11 is 0. The molecule has 1 atom stereocenters. The van der Waals surface area contributed by atoms with Crippen LogP contribution in [0.4, 0.5) is 4.39 Å². The number of halogens is 1. The number of hydrogen-bond acceptors (Lipinski definition) is 2. The second-order valence-corrected chi connectivity index (χ2v) is 6.50. The first-order valence-electron chi connectivity index (χ1n) is 8.15. The van der Waals surface area contributed by atoms with Crippen molar-refractivity contribution >= 4 is 5.91 Å². The van der Waals surface area contributed by atoms with E-state index in [1.54, 1.807) is 22.9 Å². The Bertz CT molecular complexity index is 736. The fourth-order valence-electron chi connectivity index (χ4n) is 2.88. The highest BCUT2D eigenvalue weighted by Crippen LogP contribution is 2.28. The predicted octanol–water partition coefficient (Wildman–Crippen LogP) is 3.27. The van der Waals surface area contributed by atoms with E-state index in [-0.39, 0.29) is 17.8 Å². The van der Waals surface area contributed by atoms with Gasteiger partial charge in [-0.25, -0.2) is 9.07 Å². The standard InChI is InChI=1S/C18H22FN3O/c1-11(2)12(3)20-18(23)17-13-7-6-10-15(13)22(21-17)16-9-5-4-8-14(16)19/h4-5,8-9,11-12H,6-7,10H2,1-3H3,(H,20,23). The predicted molar refractivity (Wildman–Crippen MR) is 87.3 cm³/mol. The molecule has 0 spiro atoms. The van der Waals surface area contributed by atoms with Gasteiger partial charge in [0.2, 0.25) is 0 Å². The molecule has 1 heterocycles. The number of aromatic nitrogens is 2. The fraction of sp³-hybridized carbons (Fsp3) is 0.444. The van der Waals surface area contributed by atoms with Crippen molar-refractivity contribution in [2.45, 2.75) is 46.1 Å². The molecule has 1 unspecified atom stereocenters. The Morgan fingerprint density at radius 3 is 2.70 bits per heavy atom. The maximum atomic E-state index is 14.1. The summed E-state index contributed by atoms with van der Waals surface area (Å²) in [6, 6.07) is 6.61. The van der Waals surface area contributed by atoms with Crippen LogP contribution in [-0.2, 0) is 12.8 Å². The fourth-order valence-corrected chi connectivity index (χ4v) is 2.88. The van der Waals surface area contributed by atoms with Crippen molar-refractivity contribution in [3.8, 4) is 5.69 Å². The van der Waals surface area contributed by atoms with Crippen molar-refractivity contribution < 1.29 is 9.18 Å². The molecule has 0 saturated heterocycles. The number of fused-ring (bicyclic) bond motifs is 1. The van der Waals surface area contributed by atoms with Crippen molar-refractivity contribution in [1.29, 1.82) is 0 Å². The number of amides is 1. The molecule has 1 aliphatic carbocycles. The summed E-state index contributed by atoms with van der Waals surface area (Å²) in [5.41, 5.74) is 2.76. The number of carbonyl (C=O) groups excluding carboxylic acids is 1. The van der Waals surface area contributed by atoms with Gasteiger partial charge < -0.3 is 5.32 Å². The third-order valence-corrected chi connectivity index (χ3v) is 4.58. The van der Waals surface area contributed by atoms with Crippen LogP contribution in [0.3, 0.4) is 0 Å². The average molecular weight is 315 g/mol. The second kappa shape index (κ2) is 6.14. The number of nitrogens with one attached hydrogen (secondary N) is 1. The van der Waals surface area contributed by atoms with Crippen LogP contribution in [-0.4, -0.2) is 21.7 Å². The summed E-state index contributed by atoms with van der Waals surface area (Å²) in [7, 11) is 0. The Kier molecular flexibility index (Phi) is 4.20. The summed E-state index contributed by atoms with van der Waals surface area (Å²) in [5, 5.41) is 7.44. The van der Waals surface area contributed by atoms with E-state index >= 15 is 0 Å². The minimum atomic E-state index is -0.327. The molecule has 0 bridgehead atoms. The Hall–Kier alpha value is -2.17. The van der Waals surface area contributed by atoms with Gasteiger partial charge in [0.1, 0.15) is 11.5 Å². The van der Waals surface area contributed by atoms with Crippen molar-refractivity contribution in [2.24, 2.45) is 5.92 Å². The molecular formula is C18H22FN3O. The lowest BCUT2D eigenvalue weighted by Crippen LogP contribution is -2.36. The van der Waals surface area contributed by atoms with E-state index < -0.39 is 0 Å². The lowest BCUT2D eigenvalue weighted by Gasteiger charge is -2.16. The van der Waals surface area contributed by atoms with Gasteiger partial charge in [-0.2, -0.15) is 5.10 Å². The Morgan fingerprint density at radius 1 is 1.26 bits per heavy atom. The summed E-state index contributed by atoms with van der Waals surface area (Å²) in [6.45, 7) is 6.11. The monoisotopic (exact) mass is 315 g/mol. The van der Waals surface area contributed by atoms with Gasteiger partial charge in [-0.3, -0.25) is 4.79 Å². The SMILES string of the molecule is CC(C)C(C)NC(=O)c1nn(-c2ccccc2F)c2c1CCC2. The van der Waals surface area contributed by atoms with E-state index in [0.29, 0.717) is 17.3 Å². The zero-order valence-electron chi connectivity index (χ0n) is 13.8. The molecule has 0 fully saturated rings. The highest BCUT2D eigenvalue weighted by molar-refractivity contribution is 5.94. The molecule has 1 aliphatic rings. The van der Waals surface area contributed by atoms with Gasteiger partial charge in [0.05, 0.1) is 0 Å². The summed E-state index contributed by atoms with van der Waals surface area (Å²) in [4.78, 5) is 12.6. The maximum Gasteiger partial charge on any atom is 0.272 e. The van der Waals surface area contributed by atoms with Crippen LogP contribution >= 0.6 is 0 Å². The van der Waals surface area contributed by atoms with Crippen molar-refractivity contribution in [3.63, 3.8) is 0 Å². The third kappa shape index (κ3) is 2.87. The van der Waals surface area contributed by atoms with Gasteiger partial charge >= 0.3 is 0 Å². The minimum Gasteiger partial charge on any atom is -0.348 e. The molecule has 1 aromatic carbocycles. The third-order valence-electron chi connectivity index (χ3n) is 4.58. The van der Waals surface area contributed by atoms with E-state index in [1.165, 1.54) is 6.07 Å². The van der Waals surface area contributed by atoms with E-state index in [4.69, 9.17) is 0 Å². The number of carbonyl (C=O) groups is 1. The minimum absolute atomic E-state index is 0.0677. The van der Waals surface area contributed by atoms with Crippen LogP contribution in [0.2, 0.25) is 0 Å².